The average molecular weight is 495 g/mol. The van der Waals surface area contributed by atoms with Gasteiger partial charge in [0.1, 0.15) is 17.3 Å². The van der Waals surface area contributed by atoms with E-state index in [1.807, 2.05) is 0 Å². The van der Waals surface area contributed by atoms with E-state index in [0.717, 1.165) is 24.3 Å². The molecule has 0 amide bonds. The van der Waals surface area contributed by atoms with Crippen molar-refractivity contribution in [3.05, 3.63) is 88.9 Å². The van der Waals surface area contributed by atoms with Crippen LogP contribution in [0.1, 0.15) is 5.69 Å². The van der Waals surface area contributed by atoms with E-state index in [9.17, 15) is 37.3 Å². The Labute approximate surface area is 183 Å². The standard InChI is InChI=1S/C17H8Cl2F4N4O5/c18-8-3-7(27(30)31)1-2-12(8)32-13-5-11(10(20)4-9(13)19)25-15(28)6-14(17(21,22)23)26(24)16(25)29/h1-6H,24H2. The minimum atomic E-state index is -5.12. The highest BCUT2D eigenvalue weighted by Gasteiger charge is 2.36. The number of nitrogens with zero attached hydrogens (tertiary/aromatic N) is 3. The number of nitrogen functional groups attached to an aromatic ring is 1. The van der Waals surface area contributed by atoms with Gasteiger partial charge in [-0.05, 0) is 12.1 Å². The van der Waals surface area contributed by atoms with Gasteiger partial charge in [-0.1, -0.05) is 23.2 Å². The second-order valence-electron chi connectivity index (χ2n) is 6.06. The van der Waals surface area contributed by atoms with Crippen LogP contribution in [0.5, 0.6) is 11.5 Å². The third kappa shape index (κ3) is 4.24. The molecule has 1 heterocycles. The van der Waals surface area contributed by atoms with Crippen LogP contribution in [0, 0.1) is 15.9 Å². The van der Waals surface area contributed by atoms with Gasteiger partial charge in [0.15, 0.2) is 5.69 Å². The predicted octanol–water partition coefficient (Wildman–Crippen LogP) is 3.88. The summed E-state index contributed by atoms with van der Waals surface area (Å²) in [5, 5.41) is 10.2. The van der Waals surface area contributed by atoms with Crippen molar-refractivity contribution in [2.75, 3.05) is 5.84 Å². The van der Waals surface area contributed by atoms with Gasteiger partial charge in [0, 0.05) is 24.3 Å². The average Bonchev–Trinajstić information content (AvgIpc) is 2.68. The Morgan fingerprint density at radius 3 is 2.22 bits per heavy atom. The summed E-state index contributed by atoms with van der Waals surface area (Å²) in [4.78, 5) is 34.6. The number of hydrogen-bond acceptors (Lipinski definition) is 6. The van der Waals surface area contributed by atoms with Crippen LogP contribution in [0.25, 0.3) is 5.69 Å². The molecule has 3 rings (SSSR count). The van der Waals surface area contributed by atoms with Gasteiger partial charge in [-0.2, -0.15) is 13.2 Å². The van der Waals surface area contributed by atoms with Gasteiger partial charge < -0.3 is 10.6 Å². The van der Waals surface area contributed by atoms with Gasteiger partial charge in [-0.15, -0.1) is 0 Å². The molecule has 9 nitrogen and oxygen atoms in total. The maximum Gasteiger partial charge on any atom is 0.433 e. The molecule has 0 unspecified atom stereocenters. The molecule has 2 aromatic carbocycles. The van der Waals surface area contributed by atoms with Crippen LogP contribution in [0.15, 0.2) is 46.0 Å². The summed E-state index contributed by atoms with van der Waals surface area (Å²) in [5.74, 6) is 3.37. The molecule has 1 aromatic heterocycles. The van der Waals surface area contributed by atoms with Crippen LogP contribution >= 0.6 is 23.2 Å². The van der Waals surface area contributed by atoms with E-state index in [2.05, 4.69) is 0 Å². The SMILES string of the molecule is Nn1c(C(F)(F)F)cc(=O)n(-c2cc(Oc3ccc([N+](=O)[O-])cc3Cl)c(Cl)cc2F)c1=O. The number of aromatic nitrogens is 2. The lowest BCUT2D eigenvalue weighted by atomic mass is 10.2. The fourth-order valence-electron chi connectivity index (χ4n) is 2.57. The lowest BCUT2D eigenvalue weighted by Gasteiger charge is -2.15. The number of nitro groups is 1. The van der Waals surface area contributed by atoms with E-state index >= 15 is 0 Å². The van der Waals surface area contributed by atoms with Crippen molar-refractivity contribution in [1.29, 1.82) is 0 Å². The molecule has 15 heteroatoms. The maximum atomic E-state index is 14.5. The number of alkyl halides is 3. The van der Waals surface area contributed by atoms with Crippen LogP contribution in [-0.2, 0) is 6.18 Å². The molecule has 0 saturated carbocycles. The summed E-state index contributed by atoms with van der Waals surface area (Å²) in [5.41, 5.74) is -6.12. The number of benzene rings is 2. The van der Waals surface area contributed by atoms with Crippen LogP contribution in [-0.4, -0.2) is 14.2 Å². The Hall–Kier alpha value is -3.58. The van der Waals surface area contributed by atoms with Crippen molar-refractivity contribution in [3.8, 4) is 17.2 Å². The Kier molecular flexibility index (Phi) is 5.89. The van der Waals surface area contributed by atoms with Crippen molar-refractivity contribution in [3.63, 3.8) is 0 Å². The minimum absolute atomic E-state index is 0.0170. The van der Waals surface area contributed by atoms with Crippen molar-refractivity contribution in [2.45, 2.75) is 6.18 Å². The number of halogens is 6. The molecule has 0 atom stereocenters. The normalized spacial score (nSPS) is 11.4. The van der Waals surface area contributed by atoms with E-state index in [-0.39, 0.29) is 42.5 Å². The topological polar surface area (TPSA) is 122 Å². The van der Waals surface area contributed by atoms with E-state index in [1.54, 1.807) is 0 Å². The summed E-state index contributed by atoms with van der Waals surface area (Å²) < 4.78 is 58.4. The number of ether oxygens (including phenoxy) is 1. The lowest BCUT2D eigenvalue weighted by molar-refractivity contribution is -0.384. The second-order valence-corrected chi connectivity index (χ2v) is 6.88. The molecule has 32 heavy (non-hydrogen) atoms. The van der Waals surface area contributed by atoms with E-state index in [4.69, 9.17) is 33.8 Å². The van der Waals surface area contributed by atoms with Gasteiger partial charge in [-0.25, -0.2) is 18.4 Å². The van der Waals surface area contributed by atoms with Gasteiger partial charge in [0.2, 0.25) is 0 Å². The number of rotatable bonds is 4. The Balaban J connectivity index is 2.15. The van der Waals surface area contributed by atoms with Crippen LogP contribution in [0.3, 0.4) is 0 Å². The molecule has 0 fully saturated rings. The lowest BCUT2D eigenvalue weighted by Crippen LogP contribution is -2.45. The van der Waals surface area contributed by atoms with Crippen molar-refractivity contribution >= 4 is 28.9 Å². The zero-order chi connectivity index (χ0) is 24.0. The number of hydrogen-bond donors (Lipinski definition) is 1. The molecule has 0 spiro atoms. The number of nitrogens with two attached hydrogens (primary N) is 1. The summed E-state index contributed by atoms with van der Waals surface area (Å²) >= 11 is 11.8. The molecule has 0 aliphatic heterocycles. The molecular weight excluding hydrogens is 487 g/mol. The molecule has 168 valence electrons. The first kappa shape index (κ1) is 23.1. The van der Waals surface area contributed by atoms with Gasteiger partial charge in [-0.3, -0.25) is 14.9 Å². The minimum Gasteiger partial charge on any atom is -0.454 e. The summed E-state index contributed by atoms with van der Waals surface area (Å²) in [6.07, 6.45) is -5.12. The van der Waals surface area contributed by atoms with Crippen molar-refractivity contribution in [1.82, 2.24) is 9.24 Å². The molecule has 0 bridgehead atoms. The molecule has 0 saturated heterocycles. The number of non-ortho nitro benzene ring substituents is 1. The zero-order valence-corrected chi connectivity index (χ0v) is 16.7. The molecule has 0 radical (unpaired) electrons. The van der Waals surface area contributed by atoms with Crippen LogP contribution < -0.4 is 21.8 Å². The number of nitro benzene ring substituents is 1. The Morgan fingerprint density at radius 1 is 1.03 bits per heavy atom. The Bertz CT molecular complexity index is 1370. The van der Waals surface area contributed by atoms with E-state index < -0.39 is 39.5 Å². The third-order valence-corrected chi connectivity index (χ3v) is 4.61. The first-order chi connectivity index (χ1) is 14.8. The van der Waals surface area contributed by atoms with Gasteiger partial charge >= 0.3 is 11.9 Å². The third-order valence-electron chi connectivity index (χ3n) is 4.02. The zero-order valence-electron chi connectivity index (χ0n) is 15.2. The Morgan fingerprint density at radius 2 is 1.66 bits per heavy atom. The molecular formula is C17H8Cl2F4N4O5. The maximum absolute atomic E-state index is 14.5. The smallest absolute Gasteiger partial charge is 0.433 e. The molecule has 2 N–H and O–H groups in total. The first-order valence-electron chi connectivity index (χ1n) is 8.14. The fourth-order valence-corrected chi connectivity index (χ4v) is 2.97. The fraction of sp³-hybridized carbons (Fsp3) is 0.0588. The van der Waals surface area contributed by atoms with Gasteiger partial charge in [0.25, 0.3) is 11.2 Å². The summed E-state index contributed by atoms with van der Waals surface area (Å²) in [7, 11) is 0. The highest BCUT2D eigenvalue weighted by molar-refractivity contribution is 6.33. The summed E-state index contributed by atoms with van der Waals surface area (Å²) in [6.45, 7) is 0. The summed E-state index contributed by atoms with van der Waals surface area (Å²) in [6, 6.07) is 4.53. The van der Waals surface area contributed by atoms with Crippen molar-refractivity contribution in [2.24, 2.45) is 0 Å². The van der Waals surface area contributed by atoms with E-state index in [0.29, 0.717) is 6.07 Å². The molecule has 3 aromatic rings. The highest BCUT2D eigenvalue weighted by atomic mass is 35.5. The van der Waals surface area contributed by atoms with E-state index in [1.165, 1.54) is 0 Å². The highest BCUT2D eigenvalue weighted by Crippen LogP contribution is 2.37. The molecule has 0 aliphatic carbocycles. The van der Waals surface area contributed by atoms with Crippen LogP contribution in [0.4, 0.5) is 23.2 Å². The quantitative estimate of drug-likeness (QED) is 0.254. The van der Waals surface area contributed by atoms with Gasteiger partial charge in [0.05, 0.1) is 20.7 Å². The predicted molar refractivity (Wildman–Crippen MR) is 105 cm³/mol. The van der Waals surface area contributed by atoms with Crippen LogP contribution in [0.2, 0.25) is 10.0 Å². The first-order valence-corrected chi connectivity index (χ1v) is 8.89. The second kappa shape index (κ2) is 8.16. The monoisotopic (exact) mass is 494 g/mol. The molecule has 0 aliphatic rings. The van der Waals surface area contributed by atoms with Crippen molar-refractivity contribution < 1.29 is 27.2 Å². The largest absolute Gasteiger partial charge is 0.454 e.